The minimum atomic E-state index is 0.903. The molecule has 1 aliphatic rings. The number of para-hydroxylation sites is 5. The van der Waals surface area contributed by atoms with Crippen LogP contribution in [-0.2, 0) is 0 Å². The Hall–Kier alpha value is -8.51. The van der Waals surface area contributed by atoms with Crippen LogP contribution < -0.4 is 9.80 Å². The van der Waals surface area contributed by atoms with Crippen LogP contribution in [0.3, 0.4) is 0 Å². The van der Waals surface area contributed by atoms with E-state index in [1.165, 1.54) is 64.7 Å². The lowest BCUT2D eigenvalue weighted by molar-refractivity contribution is 0.672. The first-order valence-electron chi connectivity index (χ1n) is 22.8. The first-order chi connectivity index (χ1) is 33.2. The molecule has 2 aromatic heterocycles. The van der Waals surface area contributed by atoms with E-state index in [-0.39, 0.29) is 0 Å². The largest absolute Gasteiger partial charge is 0.455 e. The third kappa shape index (κ3) is 5.88. The Balaban J connectivity index is 1.01. The average Bonchev–Trinajstić information content (AvgIpc) is 3.94. The van der Waals surface area contributed by atoms with Gasteiger partial charge in [0.15, 0.2) is 0 Å². The SMILES string of the molecule is c1ccc(N(c2ccc3c(c2)Sc2ccccc2N3c2ccccc2)c2ccc3c4cc(-c5cc6c7ccccc7oc6c6ccccc56)c5ccccc5c4n(-c4ccccc4)c3c2)cc1. The molecule has 0 N–H and O–H groups in total. The number of anilines is 6. The van der Waals surface area contributed by atoms with Gasteiger partial charge in [-0.1, -0.05) is 151 Å². The number of benzene rings is 11. The first-order valence-corrected chi connectivity index (χ1v) is 23.6. The minimum absolute atomic E-state index is 0.903. The van der Waals surface area contributed by atoms with Crippen molar-refractivity contribution in [2.24, 2.45) is 0 Å². The Morgan fingerprint density at radius 3 is 1.70 bits per heavy atom. The van der Waals surface area contributed by atoms with Gasteiger partial charge in [-0.15, -0.1) is 0 Å². The summed E-state index contributed by atoms with van der Waals surface area (Å²) in [6.45, 7) is 0. The van der Waals surface area contributed by atoms with Gasteiger partial charge in [-0.3, -0.25) is 0 Å². The molecule has 0 fully saturated rings. The zero-order valence-electron chi connectivity index (χ0n) is 36.2. The summed E-state index contributed by atoms with van der Waals surface area (Å²) in [6.07, 6.45) is 0. The van der Waals surface area contributed by atoms with Crippen LogP contribution in [0.1, 0.15) is 0 Å². The molecule has 4 nitrogen and oxygen atoms in total. The third-order valence-corrected chi connectivity index (χ3v) is 14.6. The van der Waals surface area contributed by atoms with Crippen molar-refractivity contribution in [3.8, 4) is 16.8 Å². The lowest BCUT2D eigenvalue weighted by atomic mass is 9.90. The standard InChI is InChI=1S/C62H39N3OS/c1-4-18-40(19-5-1)63(44-33-35-56-60(37-44)67-59-31-17-15-29-55(59)64(56)41-20-6-2-7-21-41)43-32-34-47-53-38-51(45-24-10-12-27-49(45)61(53)65(57(47)36-43)42-22-8-3-9-23-42)52-39-54-48-26-14-16-30-58(48)66-62(54)50-28-13-11-25-46(50)52/h1-39H. The van der Waals surface area contributed by atoms with Gasteiger partial charge < -0.3 is 18.8 Å². The molecule has 11 aromatic carbocycles. The van der Waals surface area contributed by atoms with Crippen molar-refractivity contribution in [2.45, 2.75) is 9.79 Å². The molecule has 0 saturated heterocycles. The lowest BCUT2D eigenvalue weighted by Gasteiger charge is -2.34. The molecule has 3 heterocycles. The summed E-state index contributed by atoms with van der Waals surface area (Å²) in [5.74, 6) is 0. The van der Waals surface area contributed by atoms with E-state index in [1.807, 2.05) is 17.8 Å². The van der Waals surface area contributed by atoms with Gasteiger partial charge in [0.2, 0.25) is 0 Å². The van der Waals surface area contributed by atoms with Gasteiger partial charge in [-0.2, -0.15) is 0 Å². The van der Waals surface area contributed by atoms with Crippen LogP contribution in [0.25, 0.3) is 82.1 Å². The minimum Gasteiger partial charge on any atom is -0.455 e. The van der Waals surface area contributed by atoms with Gasteiger partial charge in [-0.25, -0.2) is 0 Å². The molecule has 314 valence electrons. The molecule has 0 atom stereocenters. The number of aromatic nitrogens is 1. The van der Waals surface area contributed by atoms with Crippen molar-refractivity contribution in [1.29, 1.82) is 0 Å². The number of rotatable bonds is 6. The maximum Gasteiger partial charge on any atom is 0.143 e. The van der Waals surface area contributed by atoms with Gasteiger partial charge in [0.05, 0.1) is 22.4 Å². The normalized spacial score (nSPS) is 12.4. The number of nitrogens with zero attached hydrogens (tertiary/aromatic N) is 3. The molecule has 0 aliphatic carbocycles. The van der Waals surface area contributed by atoms with Gasteiger partial charge in [0.1, 0.15) is 11.2 Å². The van der Waals surface area contributed by atoms with Crippen LogP contribution in [0.15, 0.2) is 251 Å². The van der Waals surface area contributed by atoms with Gasteiger partial charge in [-0.05, 0) is 119 Å². The van der Waals surface area contributed by atoms with E-state index in [2.05, 4.69) is 245 Å². The second-order valence-corrected chi connectivity index (χ2v) is 18.3. The van der Waals surface area contributed by atoms with E-state index in [0.29, 0.717) is 0 Å². The van der Waals surface area contributed by atoms with Crippen LogP contribution in [-0.4, -0.2) is 4.57 Å². The maximum atomic E-state index is 6.57. The smallest absolute Gasteiger partial charge is 0.143 e. The number of hydrogen-bond donors (Lipinski definition) is 0. The molecule has 0 radical (unpaired) electrons. The second kappa shape index (κ2) is 15.0. The molecule has 0 spiro atoms. The second-order valence-electron chi connectivity index (χ2n) is 17.2. The van der Waals surface area contributed by atoms with E-state index in [9.17, 15) is 0 Å². The molecule has 14 rings (SSSR count). The summed E-state index contributed by atoms with van der Waals surface area (Å²) >= 11 is 1.83. The Bertz CT molecular complexity index is 4080. The third-order valence-electron chi connectivity index (χ3n) is 13.5. The molecular weight excluding hydrogens is 835 g/mol. The molecule has 13 aromatic rings. The van der Waals surface area contributed by atoms with E-state index in [0.717, 1.165) is 61.3 Å². The Morgan fingerprint density at radius 1 is 0.358 bits per heavy atom. The van der Waals surface area contributed by atoms with Crippen LogP contribution in [0, 0.1) is 0 Å². The maximum absolute atomic E-state index is 6.57. The fraction of sp³-hybridized carbons (Fsp3) is 0. The highest BCUT2D eigenvalue weighted by molar-refractivity contribution is 7.99. The highest BCUT2D eigenvalue weighted by Crippen LogP contribution is 2.53. The number of hydrogen-bond acceptors (Lipinski definition) is 4. The summed E-state index contributed by atoms with van der Waals surface area (Å²) in [4.78, 5) is 7.22. The van der Waals surface area contributed by atoms with E-state index in [1.54, 1.807) is 0 Å². The molecule has 67 heavy (non-hydrogen) atoms. The van der Waals surface area contributed by atoms with Crippen LogP contribution in [0.4, 0.5) is 34.1 Å². The summed E-state index contributed by atoms with van der Waals surface area (Å²) in [5.41, 5.74) is 14.4. The quantitative estimate of drug-likeness (QED) is 0.166. The van der Waals surface area contributed by atoms with Crippen molar-refractivity contribution in [3.05, 3.63) is 237 Å². The Labute approximate surface area is 391 Å². The van der Waals surface area contributed by atoms with Crippen molar-refractivity contribution in [1.82, 2.24) is 4.57 Å². The zero-order valence-corrected chi connectivity index (χ0v) is 37.0. The van der Waals surface area contributed by atoms with Crippen molar-refractivity contribution in [3.63, 3.8) is 0 Å². The molecule has 0 saturated carbocycles. The highest BCUT2D eigenvalue weighted by Gasteiger charge is 2.27. The first kappa shape index (κ1) is 37.8. The van der Waals surface area contributed by atoms with E-state index in [4.69, 9.17) is 4.42 Å². The highest BCUT2D eigenvalue weighted by atomic mass is 32.2. The molecule has 1 aliphatic heterocycles. The monoisotopic (exact) mass is 873 g/mol. The predicted octanol–water partition coefficient (Wildman–Crippen LogP) is 18.1. The Kier molecular flexibility index (Phi) is 8.48. The van der Waals surface area contributed by atoms with E-state index < -0.39 is 0 Å². The summed E-state index contributed by atoms with van der Waals surface area (Å²) in [5, 5.41) is 9.35. The topological polar surface area (TPSA) is 24.6 Å². The van der Waals surface area contributed by atoms with Crippen molar-refractivity contribution in [2.75, 3.05) is 9.80 Å². The van der Waals surface area contributed by atoms with E-state index >= 15 is 0 Å². The van der Waals surface area contributed by atoms with Crippen molar-refractivity contribution >= 4 is 111 Å². The summed E-state index contributed by atoms with van der Waals surface area (Å²) in [7, 11) is 0. The Morgan fingerprint density at radius 2 is 0.925 bits per heavy atom. The fourth-order valence-corrected chi connectivity index (χ4v) is 11.7. The molecule has 5 heteroatoms. The lowest BCUT2D eigenvalue weighted by Crippen LogP contribution is -2.16. The molecule has 0 bridgehead atoms. The predicted molar refractivity (Wildman–Crippen MR) is 282 cm³/mol. The number of furan rings is 1. The molecule has 0 amide bonds. The molecule has 0 unspecified atom stereocenters. The van der Waals surface area contributed by atoms with Crippen molar-refractivity contribution < 1.29 is 4.42 Å². The fourth-order valence-electron chi connectivity index (χ4n) is 10.6. The van der Waals surface area contributed by atoms with Gasteiger partial charge >= 0.3 is 0 Å². The summed E-state index contributed by atoms with van der Waals surface area (Å²) in [6, 6.07) is 85.8. The summed E-state index contributed by atoms with van der Waals surface area (Å²) < 4.78 is 9.05. The van der Waals surface area contributed by atoms with Crippen LogP contribution in [0.2, 0.25) is 0 Å². The number of fused-ring (bicyclic) bond motifs is 12. The van der Waals surface area contributed by atoms with Gasteiger partial charge in [0, 0.05) is 70.5 Å². The zero-order chi connectivity index (χ0) is 44.0. The van der Waals surface area contributed by atoms with Crippen LogP contribution >= 0.6 is 11.8 Å². The average molecular weight is 874 g/mol. The van der Waals surface area contributed by atoms with Gasteiger partial charge in [0.25, 0.3) is 0 Å². The van der Waals surface area contributed by atoms with Crippen LogP contribution in [0.5, 0.6) is 0 Å². The molecular formula is C62H39N3OS.